The van der Waals surface area contributed by atoms with E-state index in [0.717, 1.165) is 3.57 Å². The van der Waals surface area contributed by atoms with Gasteiger partial charge in [-0.2, -0.15) is 0 Å². The lowest BCUT2D eigenvalue weighted by atomic mass is 10.1. The largest absolute Gasteiger partial charge is 0.348 e. The minimum absolute atomic E-state index is 0.0625. The van der Waals surface area contributed by atoms with E-state index in [1.165, 1.54) is 17.0 Å². The van der Waals surface area contributed by atoms with Crippen molar-refractivity contribution in [1.29, 1.82) is 0 Å². The van der Waals surface area contributed by atoms with Crippen molar-refractivity contribution in [2.45, 2.75) is 6.54 Å². The van der Waals surface area contributed by atoms with E-state index in [9.17, 15) is 9.59 Å². The fourth-order valence-corrected chi connectivity index (χ4v) is 1.95. The number of nitrogens with zero attached hydrogens (tertiary/aromatic N) is 2. The molecule has 0 amide bonds. The highest BCUT2D eigenvalue weighted by Crippen LogP contribution is 2.08. The summed E-state index contributed by atoms with van der Waals surface area (Å²) in [6.07, 6.45) is 2.66. The minimum atomic E-state index is -0.488. The van der Waals surface area contributed by atoms with Gasteiger partial charge >= 0.3 is 5.69 Å². The maximum atomic E-state index is 12.0. The van der Waals surface area contributed by atoms with Gasteiger partial charge in [-0.1, -0.05) is 23.7 Å². The Kier molecular flexibility index (Phi) is 4.13. The maximum absolute atomic E-state index is 12.0. The third-order valence-corrected chi connectivity index (χ3v) is 3.22. The van der Waals surface area contributed by atoms with Crippen LogP contribution < -0.4 is 5.69 Å². The zero-order valence-corrected chi connectivity index (χ0v) is 12.1. The Morgan fingerprint density at radius 1 is 1.33 bits per heavy atom. The second kappa shape index (κ2) is 5.62. The van der Waals surface area contributed by atoms with Crippen LogP contribution in [0.5, 0.6) is 0 Å². The summed E-state index contributed by atoms with van der Waals surface area (Å²) in [5.74, 6) is -0.155. The summed E-state index contributed by atoms with van der Waals surface area (Å²) in [5, 5.41) is 0.324. The first kappa shape index (κ1) is 13.2. The molecule has 92 valence electrons. The Bertz CT molecular complexity index is 637. The van der Waals surface area contributed by atoms with Crippen LogP contribution in [-0.2, 0) is 6.54 Å². The lowest BCUT2D eigenvalue weighted by molar-refractivity contribution is 0.0970. The number of aromatic nitrogens is 2. The van der Waals surface area contributed by atoms with Gasteiger partial charge in [0, 0.05) is 15.3 Å². The predicted octanol–water partition coefficient (Wildman–Crippen LogP) is 2.38. The molecular weight excluding hydrogens is 367 g/mol. The molecule has 0 unspecified atom stereocenters. The quantitative estimate of drug-likeness (QED) is 0.612. The lowest BCUT2D eigenvalue weighted by Crippen LogP contribution is -2.25. The van der Waals surface area contributed by atoms with Crippen LogP contribution in [0.2, 0.25) is 5.02 Å². The Morgan fingerprint density at radius 2 is 2.00 bits per heavy atom. The monoisotopic (exact) mass is 374 g/mol. The Balaban J connectivity index is 2.24. The van der Waals surface area contributed by atoms with Gasteiger partial charge in [0.05, 0.1) is 17.8 Å². The second-order valence-corrected chi connectivity index (χ2v) is 5.29. The number of hydrogen-bond acceptors (Lipinski definition) is 3. The van der Waals surface area contributed by atoms with Crippen LogP contribution in [0.4, 0.5) is 0 Å². The van der Waals surface area contributed by atoms with Crippen molar-refractivity contribution < 1.29 is 4.79 Å². The van der Waals surface area contributed by atoms with Crippen LogP contribution in [0.25, 0.3) is 0 Å². The van der Waals surface area contributed by atoms with Crippen molar-refractivity contribution in [2.24, 2.45) is 0 Å². The molecule has 0 N–H and O–H groups in total. The predicted molar refractivity (Wildman–Crippen MR) is 77.0 cm³/mol. The number of hydrogen-bond donors (Lipinski definition) is 0. The highest BCUT2D eigenvalue weighted by molar-refractivity contribution is 14.1. The van der Waals surface area contributed by atoms with E-state index < -0.39 is 5.69 Å². The van der Waals surface area contributed by atoms with Gasteiger partial charge in [-0.25, -0.2) is 9.78 Å². The van der Waals surface area contributed by atoms with E-state index in [4.69, 9.17) is 11.6 Å². The van der Waals surface area contributed by atoms with Gasteiger partial charge in [0.15, 0.2) is 5.78 Å². The third kappa shape index (κ3) is 3.17. The van der Waals surface area contributed by atoms with E-state index >= 15 is 0 Å². The first-order chi connectivity index (χ1) is 8.56. The molecule has 0 spiro atoms. The highest BCUT2D eigenvalue weighted by atomic mass is 127. The van der Waals surface area contributed by atoms with Crippen LogP contribution in [0.1, 0.15) is 10.4 Å². The third-order valence-electron chi connectivity index (χ3n) is 2.30. The van der Waals surface area contributed by atoms with Crippen molar-refractivity contribution in [1.82, 2.24) is 9.55 Å². The number of carbonyl (C=O) groups is 1. The number of ketones is 1. The molecule has 0 aliphatic carbocycles. The average Bonchev–Trinajstić information content (AvgIpc) is 2.34. The number of halogens is 2. The first-order valence-corrected chi connectivity index (χ1v) is 6.53. The fraction of sp³-hybridized carbons (Fsp3) is 0.0833. The molecule has 1 heterocycles. The molecule has 0 radical (unpaired) electrons. The number of Topliss-reactive ketones (excluding diaryl/α,β-unsaturated/α-hetero) is 1. The SMILES string of the molecule is O=C(Cn1cc(Cl)cnc1=O)c1ccc(I)cc1. The van der Waals surface area contributed by atoms with Gasteiger partial charge < -0.3 is 0 Å². The van der Waals surface area contributed by atoms with E-state index in [1.807, 2.05) is 12.1 Å². The van der Waals surface area contributed by atoms with Crippen molar-refractivity contribution in [3.8, 4) is 0 Å². The van der Waals surface area contributed by atoms with Gasteiger partial charge in [-0.05, 0) is 34.7 Å². The van der Waals surface area contributed by atoms with Crippen molar-refractivity contribution in [3.63, 3.8) is 0 Å². The summed E-state index contributed by atoms with van der Waals surface area (Å²) in [5.41, 5.74) is 0.0700. The highest BCUT2D eigenvalue weighted by Gasteiger charge is 2.08. The topological polar surface area (TPSA) is 52.0 Å². The average molecular weight is 375 g/mol. The molecule has 0 atom stereocenters. The zero-order chi connectivity index (χ0) is 13.1. The Morgan fingerprint density at radius 3 is 2.67 bits per heavy atom. The number of carbonyl (C=O) groups excluding carboxylic acids is 1. The maximum Gasteiger partial charge on any atom is 0.348 e. The molecule has 2 rings (SSSR count). The summed E-state index contributed by atoms with van der Waals surface area (Å²) in [4.78, 5) is 26.9. The molecule has 1 aromatic carbocycles. The number of rotatable bonds is 3. The van der Waals surface area contributed by atoms with Gasteiger partial charge in [-0.15, -0.1) is 0 Å². The van der Waals surface area contributed by atoms with Gasteiger partial charge in [0.1, 0.15) is 0 Å². The van der Waals surface area contributed by atoms with Gasteiger partial charge in [-0.3, -0.25) is 9.36 Å². The fourth-order valence-electron chi connectivity index (χ4n) is 1.42. The van der Waals surface area contributed by atoms with E-state index in [2.05, 4.69) is 27.6 Å². The van der Waals surface area contributed by atoms with Crippen LogP contribution in [0, 0.1) is 3.57 Å². The lowest BCUT2D eigenvalue weighted by Gasteiger charge is -2.04. The molecular formula is C12H8ClIN2O2. The normalized spacial score (nSPS) is 10.3. The van der Waals surface area contributed by atoms with E-state index in [-0.39, 0.29) is 12.3 Å². The van der Waals surface area contributed by atoms with E-state index in [0.29, 0.717) is 10.6 Å². The van der Waals surface area contributed by atoms with Crippen molar-refractivity contribution in [3.05, 3.63) is 61.3 Å². The molecule has 4 nitrogen and oxygen atoms in total. The summed E-state index contributed by atoms with van der Waals surface area (Å²) >= 11 is 7.89. The molecule has 6 heteroatoms. The zero-order valence-electron chi connectivity index (χ0n) is 9.14. The molecule has 0 aliphatic heterocycles. The van der Waals surface area contributed by atoms with Crippen LogP contribution >= 0.6 is 34.2 Å². The minimum Gasteiger partial charge on any atom is -0.292 e. The standard InChI is InChI=1S/C12H8ClIN2O2/c13-9-5-15-12(18)16(6-9)7-11(17)8-1-3-10(14)4-2-8/h1-6H,7H2. The molecule has 0 bridgehead atoms. The smallest absolute Gasteiger partial charge is 0.292 e. The second-order valence-electron chi connectivity index (χ2n) is 3.61. The summed E-state index contributed by atoms with van der Waals surface area (Å²) in [6.45, 7) is -0.0625. The molecule has 18 heavy (non-hydrogen) atoms. The van der Waals surface area contributed by atoms with Crippen molar-refractivity contribution in [2.75, 3.05) is 0 Å². The molecule has 1 aromatic heterocycles. The summed E-state index contributed by atoms with van der Waals surface area (Å²) in [7, 11) is 0. The first-order valence-electron chi connectivity index (χ1n) is 5.07. The molecule has 0 fully saturated rings. The van der Waals surface area contributed by atoms with Crippen LogP contribution in [-0.4, -0.2) is 15.3 Å². The van der Waals surface area contributed by atoms with Crippen LogP contribution in [0.15, 0.2) is 41.5 Å². The van der Waals surface area contributed by atoms with Crippen LogP contribution in [0.3, 0.4) is 0 Å². The molecule has 0 saturated heterocycles. The van der Waals surface area contributed by atoms with Crippen molar-refractivity contribution >= 4 is 40.0 Å². The van der Waals surface area contributed by atoms with Gasteiger partial charge in [0.2, 0.25) is 0 Å². The Labute approximate surface area is 122 Å². The summed E-state index contributed by atoms with van der Waals surface area (Å²) in [6, 6.07) is 7.14. The molecule has 2 aromatic rings. The molecule has 0 saturated carbocycles. The van der Waals surface area contributed by atoms with Gasteiger partial charge in [0.25, 0.3) is 0 Å². The van der Waals surface area contributed by atoms with E-state index in [1.54, 1.807) is 12.1 Å². The summed E-state index contributed by atoms with van der Waals surface area (Å²) < 4.78 is 2.24. The molecule has 0 aliphatic rings. The Hall–Kier alpha value is -1.21. The number of benzene rings is 1.